The summed E-state index contributed by atoms with van der Waals surface area (Å²) in [6.45, 7) is 0. The van der Waals surface area contributed by atoms with Crippen LogP contribution in [0.5, 0.6) is 5.75 Å². The van der Waals surface area contributed by atoms with Crippen LogP contribution in [0.4, 0.5) is 0 Å². The van der Waals surface area contributed by atoms with Crippen LogP contribution in [0.3, 0.4) is 0 Å². The largest absolute Gasteiger partial charge is 0.496 e. The Morgan fingerprint density at radius 2 is 2.24 bits per heavy atom. The number of nitrogens with one attached hydrogen (secondary N) is 1. The van der Waals surface area contributed by atoms with E-state index >= 15 is 0 Å². The van der Waals surface area contributed by atoms with Gasteiger partial charge in [-0.3, -0.25) is 10.2 Å². The molecule has 2 aromatic rings. The maximum Gasteiger partial charge on any atom is 0.287 e. The standard InChI is InChI=1S/C11H11N3O3/c1-16-8-5-3-2-4-7(8)10-9(11(15)14-12)13-6-17-10/h2-6H,12H2,1H3,(H,14,15). The van der Waals surface area contributed by atoms with E-state index in [1.54, 1.807) is 12.1 Å². The molecular formula is C11H11N3O3. The van der Waals surface area contributed by atoms with Crippen molar-refractivity contribution in [3.8, 4) is 17.1 Å². The van der Waals surface area contributed by atoms with Gasteiger partial charge in [-0.25, -0.2) is 10.8 Å². The fourth-order valence-corrected chi connectivity index (χ4v) is 1.50. The van der Waals surface area contributed by atoms with E-state index < -0.39 is 5.91 Å². The van der Waals surface area contributed by atoms with Crippen LogP contribution in [0.15, 0.2) is 35.1 Å². The van der Waals surface area contributed by atoms with Crippen molar-refractivity contribution in [1.82, 2.24) is 10.4 Å². The van der Waals surface area contributed by atoms with Crippen molar-refractivity contribution in [3.05, 3.63) is 36.4 Å². The highest BCUT2D eigenvalue weighted by molar-refractivity contribution is 5.97. The molecule has 17 heavy (non-hydrogen) atoms. The number of amides is 1. The first-order valence-electron chi connectivity index (χ1n) is 4.85. The van der Waals surface area contributed by atoms with E-state index in [1.165, 1.54) is 13.5 Å². The molecule has 0 aliphatic carbocycles. The van der Waals surface area contributed by atoms with Crippen molar-refractivity contribution in [2.45, 2.75) is 0 Å². The number of carbonyl (C=O) groups is 1. The second-order valence-corrected chi connectivity index (χ2v) is 3.20. The van der Waals surface area contributed by atoms with Gasteiger partial charge < -0.3 is 9.15 Å². The number of hydrogen-bond donors (Lipinski definition) is 2. The maximum atomic E-state index is 11.5. The molecule has 0 aliphatic rings. The normalized spacial score (nSPS) is 10.0. The average molecular weight is 233 g/mol. The van der Waals surface area contributed by atoms with Gasteiger partial charge in [-0.1, -0.05) is 12.1 Å². The molecule has 0 radical (unpaired) electrons. The number of hydrazine groups is 1. The molecule has 2 rings (SSSR count). The lowest BCUT2D eigenvalue weighted by molar-refractivity contribution is 0.0949. The number of benzene rings is 1. The van der Waals surface area contributed by atoms with Gasteiger partial charge in [-0.2, -0.15) is 0 Å². The van der Waals surface area contributed by atoms with Crippen molar-refractivity contribution in [2.24, 2.45) is 5.84 Å². The summed E-state index contributed by atoms with van der Waals surface area (Å²) in [5.74, 6) is 5.47. The van der Waals surface area contributed by atoms with Gasteiger partial charge in [-0.05, 0) is 12.1 Å². The SMILES string of the molecule is COc1ccccc1-c1ocnc1C(=O)NN. The monoisotopic (exact) mass is 233 g/mol. The third kappa shape index (κ3) is 1.98. The first-order valence-corrected chi connectivity index (χ1v) is 4.85. The lowest BCUT2D eigenvalue weighted by Gasteiger charge is -2.06. The number of hydrogen-bond acceptors (Lipinski definition) is 5. The Morgan fingerprint density at radius 1 is 1.47 bits per heavy atom. The van der Waals surface area contributed by atoms with Crippen LogP contribution in [0.25, 0.3) is 11.3 Å². The molecule has 1 aromatic heterocycles. The maximum absolute atomic E-state index is 11.5. The van der Waals surface area contributed by atoms with Crippen LogP contribution in [-0.4, -0.2) is 18.0 Å². The van der Waals surface area contributed by atoms with Gasteiger partial charge in [0, 0.05) is 0 Å². The number of ether oxygens (including phenoxy) is 1. The van der Waals surface area contributed by atoms with Gasteiger partial charge in [0.15, 0.2) is 17.8 Å². The summed E-state index contributed by atoms with van der Waals surface area (Å²) in [6, 6.07) is 7.17. The molecule has 0 bridgehead atoms. The molecule has 0 saturated heterocycles. The molecule has 88 valence electrons. The number of rotatable bonds is 3. The zero-order chi connectivity index (χ0) is 12.3. The molecule has 0 spiro atoms. The minimum Gasteiger partial charge on any atom is -0.496 e. The molecule has 3 N–H and O–H groups in total. The van der Waals surface area contributed by atoms with Gasteiger partial charge >= 0.3 is 0 Å². The molecule has 6 nitrogen and oxygen atoms in total. The quantitative estimate of drug-likeness (QED) is 0.468. The van der Waals surface area contributed by atoms with Crippen LogP contribution in [0.2, 0.25) is 0 Å². The second kappa shape index (κ2) is 4.67. The number of nitrogen functional groups attached to an aromatic ring is 1. The molecule has 1 amide bonds. The van der Waals surface area contributed by atoms with Gasteiger partial charge in [0.2, 0.25) is 0 Å². The predicted octanol–water partition coefficient (Wildman–Crippen LogP) is 0.954. The third-order valence-corrected chi connectivity index (χ3v) is 2.27. The molecule has 0 unspecified atom stereocenters. The molecule has 0 saturated carbocycles. The Morgan fingerprint density at radius 3 is 2.94 bits per heavy atom. The minimum atomic E-state index is -0.514. The van der Waals surface area contributed by atoms with Crippen molar-refractivity contribution in [1.29, 1.82) is 0 Å². The number of aromatic nitrogens is 1. The smallest absolute Gasteiger partial charge is 0.287 e. The number of carbonyl (C=O) groups excluding carboxylic acids is 1. The summed E-state index contributed by atoms with van der Waals surface area (Å²) in [7, 11) is 1.54. The first kappa shape index (κ1) is 11.2. The molecule has 1 heterocycles. The Balaban J connectivity index is 2.53. The Kier molecular flexibility index (Phi) is 3.06. The van der Waals surface area contributed by atoms with Crippen LogP contribution < -0.4 is 16.0 Å². The summed E-state index contributed by atoms with van der Waals surface area (Å²) in [6.07, 6.45) is 1.19. The van der Waals surface area contributed by atoms with Crippen LogP contribution >= 0.6 is 0 Å². The summed E-state index contributed by atoms with van der Waals surface area (Å²) in [5, 5.41) is 0. The average Bonchev–Trinajstić information content (AvgIpc) is 2.86. The Hall–Kier alpha value is -2.34. The predicted molar refractivity (Wildman–Crippen MR) is 60.1 cm³/mol. The molecule has 1 aromatic carbocycles. The van der Waals surface area contributed by atoms with E-state index in [-0.39, 0.29) is 5.69 Å². The van der Waals surface area contributed by atoms with Gasteiger partial charge in [0.1, 0.15) is 5.75 Å². The zero-order valence-electron chi connectivity index (χ0n) is 9.14. The van der Waals surface area contributed by atoms with Gasteiger partial charge in [0.25, 0.3) is 5.91 Å². The van der Waals surface area contributed by atoms with Gasteiger partial charge in [0.05, 0.1) is 12.7 Å². The Bertz CT molecular complexity index is 536. The molecule has 0 aliphatic heterocycles. The zero-order valence-corrected chi connectivity index (χ0v) is 9.14. The number of nitrogens with zero attached hydrogens (tertiary/aromatic N) is 1. The number of oxazole rings is 1. The lowest BCUT2D eigenvalue weighted by atomic mass is 10.1. The van der Waals surface area contributed by atoms with E-state index in [4.69, 9.17) is 15.0 Å². The number of para-hydroxylation sites is 1. The van der Waals surface area contributed by atoms with Crippen LogP contribution in [0.1, 0.15) is 10.5 Å². The van der Waals surface area contributed by atoms with Crippen molar-refractivity contribution in [2.75, 3.05) is 7.11 Å². The summed E-state index contributed by atoms with van der Waals surface area (Å²) < 4.78 is 10.4. The van der Waals surface area contributed by atoms with E-state index in [9.17, 15) is 4.79 Å². The van der Waals surface area contributed by atoms with Gasteiger partial charge in [-0.15, -0.1) is 0 Å². The minimum absolute atomic E-state index is 0.122. The highest BCUT2D eigenvalue weighted by atomic mass is 16.5. The molecule has 0 atom stereocenters. The molecular weight excluding hydrogens is 222 g/mol. The number of nitrogens with two attached hydrogens (primary N) is 1. The van der Waals surface area contributed by atoms with Crippen molar-refractivity contribution in [3.63, 3.8) is 0 Å². The fraction of sp³-hybridized carbons (Fsp3) is 0.0909. The fourth-order valence-electron chi connectivity index (χ4n) is 1.50. The topological polar surface area (TPSA) is 90.4 Å². The van der Waals surface area contributed by atoms with Crippen LogP contribution in [0, 0.1) is 0 Å². The van der Waals surface area contributed by atoms with Crippen molar-refractivity contribution < 1.29 is 13.9 Å². The van der Waals surface area contributed by atoms with E-state index in [0.29, 0.717) is 17.1 Å². The molecule has 6 heteroatoms. The second-order valence-electron chi connectivity index (χ2n) is 3.20. The van der Waals surface area contributed by atoms with Crippen molar-refractivity contribution >= 4 is 5.91 Å². The highest BCUT2D eigenvalue weighted by Crippen LogP contribution is 2.31. The van der Waals surface area contributed by atoms with Crippen LogP contribution in [-0.2, 0) is 0 Å². The van der Waals surface area contributed by atoms with E-state index in [2.05, 4.69) is 4.98 Å². The number of methoxy groups -OCH3 is 1. The summed E-state index contributed by atoms with van der Waals surface area (Å²) in [4.78, 5) is 15.3. The Labute approximate surface area is 97.4 Å². The molecule has 0 fully saturated rings. The first-order chi connectivity index (χ1) is 8.27. The van der Waals surface area contributed by atoms with E-state index in [1.807, 2.05) is 17.6 Å². The summed E-state index contributed by atoms with van der Waals surface area (Å²) >= 11 is 0. The highest BCUT2D eigenvalue weighted by Gasteiger charge is 2.19. The summed E-state index contributed by atoms with van der Waals surface area (Å²) in [5.41, 5.74) is 2.78. The van der Waals surface area contributed by atoms with E-state index in [0.717, 1.165) is 0 Å². The lowest BCUT2D eigenvalue weighted by Crippen LogP contribution is -2.30. The third-order valence-electron chi connectivity index (χ3n) is 2.27.